The SMILES string of the molecule is Cc1cc(C)c(P(Oc2ccc(C(C)(C)C)cc2C(C)(C)C)c2cccc3ccccc23)c(C)c1. The van der Waals surface area contributed by atoms with Crippen LogP contribution in [0.15, 0.2) is 72.8 Å². The van der Waals surface area contributed by atoms with Crippen molar-refractivity contribution in [1.29, 1.82) is 0 Å². The second kappa shape index (κ2) is 9.44. The first-order valence-electron chi connectivity index (χ1n) is 12.5. The Morgan fingerprint density at radius 2 is 1.29 bits per heavy atom. The lowest BCUT2D eigenvalue weighted by molar-refractivity contribution is 0.531. The quantitative estimate of drug-likeness (QED) is 0.264. The highest BCUT2D eigenvalue weighted by atomic mass is 31.1. The van der Waals surface area contributed by atoms with Crippen molar-refractivity contribution in [2.45, 2.75) is 73.1 Å². The molecule has 0 saturated heterocycles. The Morgan fingerprint density at radius 3 is 1.91 bits per heavy atom. The molecule has 182 valence electrons. The van der Waals surface area contributed by atoms with E-state index in [-0.39, 0.29) is 10.8 Å². The summed E-state index contributed by atoms with van der Waals surface area (Å²) >= 11 is 0. The second-order valence-corrected chi connectivity index (χ2v) is 13.5. The first-order valence-corrected chi connectivity index (χ1v) is 13.8. The van der Waals surface area contributed by atoms with Gasteiger partial charge >= 0.3 is 0 Å². The van der Waals surface area contributed by atoms with Gasteiger partial charge in [-0.05, 0) is 65.1 Å². The third-order valence-electron chi connectivity index (χ3n) is 6.67. The van der Waals surface area contributed by atoms with Crippen molar-refractivity contribution in [2.75, 3.05) is 0 Å². The van der Waals surface area contributed by atoms with Gasteiger partial charge < -0.3 is 4.52 Å². The standard InChI is InChI=1S/C33H39OP/c1-22-19-23(2)31(24(3)20-22)35(30-16-12-14-25-13-10-11-15-27(25)30)34-29-18-17-26(32(4,5)6)21-28(29)33(7,8)9/h10-21H,1-9H3. The van der Waals surface area contributed by atoms with E-state index in [1.165, 1.54) is 49.2 Å². The summed E-state index contributed by atoms with van der Waals surface area (Å²) in [6, 6.07) is 26.7. The number of hydrogen-bond acceptors (Lipinski definition) is 1. The fourth-order valence-corrected chi connectivity index (χ4v) is 7.05. The van der Waals surface area contributed by atoms with Gasteiger partial charge in [-0.25, -0.2) is 0 Å². The molecule has 0 aliphatic rings. The minimum atomic E-state index is -1.08. The largest absolute Gasteiger partial charge is 0.464 e. The van der Waals surface area contributed by atoms with Crippen LogP contribution >= 0.6 is 8.15 Å². The van der Waals surface area contributed by atoms with Crippen LogP contribution in [0.2, 0.25) is 0 Å². The van der Waals surface area contributed by atoms with E-state index in [0.29, 0.717) is 0 Å². The molecule has 1 nitrogen and oxygen atoms in total. The van der Waals surface area contributed by atoms with Crippen molar-refractivity contribution < 1.29 is 4.52 Å². The van der Waals surface area contributed by atoms with E-state index in [0.717, 1.165) is 5.75 Å². The Bertz CT molecular complexity index is 1340. The Balaban J connectivity index is 1.96. The van der Waals surface area contributed by atoms with Crippen LogP contribution in [0.1, 0.15) is 69.4 Å². The molecule has 0 fully saturated rings. The molecule has 4 rings (SSSR count). The first kappa shape index (κ1) is 25.5. The predicted molar refractivity (Wildman–Crippen MR) is 155 cm³/mol. The van der Waals surface area contributed by atoms with E-state index in [1.807, 2.05) is 0 Å². The smallest absolute Gasteiger partial charge is 0.151 e. The molecule has 0 bridgehead atoms. The molecule has 0 aliphatic carbocycles. The van der Waals surface area contributed by atoms with Crippen molar-refractivity contribution in [3.8, 4) is 5.75 Å². The van der Waals surface area contributed by atoms with E-state index >= 15 is 0 Å². The Labute approximate surface area is 213 Å². The van der Waals surface area contributed by atoms with E-state index in [1.54, 1.807) is 0 Å². The number of aryl methyl sites for hydroxylation is 3. The van der Waals surface area contributed by atoms with E-state index in [9.17, 15) is 0 Å². The number of fused-ring (bicyclic) bond motifs is 1. The Kier molecular flexibility index (Phi) is 6.87. The minimum Gasteiger partial charge on any atom is -0.464 e. The molecule has 0 heterocycles. The fourth-order valence-electron chi connectivity index (χ4n) is 4.85. The summed E-state index contributed by atoms with van der Waals surface area (Å²) in [4.78, 5) is 0. The second-order valence-electron chi connectivity index (χ2n) is 11.8. The Hall–Kier alpha value is -2.63. The molecule has 1 unspecified atom stereocenters. The highest BCUT2D eigenvalue weighted by Crippen LogP contribution is 2.45. The fraction of sp³-hybridized carbons (Fsp3) is 0.333. The summed E-state index contributed by atoms with van der Waals surface area (Å²) in [7, 11) is -1.08. The lowest BCUT2D eigenvalue weighted by atomic mass is 9.80. The summed E-state index contributed by atoms with van der Waals surface area (Å²) in [6.45, 7) is 20.3. The van der Waals surface area contributed by atoms with Gasteiger partial charge in [0.25, 0.3) is 0 Å². The summed E-state index contributed by atoms with van der Waals surface area (Å²) in [6.07, 6.45) is 0. The molecule has 0 N–H and O–H groups in total. The van der Waals surface area contributed by atoms with E-state index < -0.39 is 8.15 Å². The number of rotatable bonds is 4. The highest BCUT2D eigenvalue weighted by molar-refractivity contribution is 7.69. The van der Waals surface area contributed by atoms with Crippen molar-refractivity contribution in [3.05, 3.63) is 101 Å². The molecule has 4 aromatic rings. The van der Waals surface area contributed by atoms with Crippen molar-refractivity contribution in [3.63, 3.8) is 0 Å². The molecule has 0 amide bonds. The normalized spacial score (nSPS) is 13.2. The van der Waals surface area contributed by atoms with Gasteiger partial charge in [-0.1, -0.05) is 114 Å². The van der Waals surface area contributed by atoms with Crippen LogP contribution in [0.3, 0.4) is 0 Å². The van der Waals surface area contributed by atoms with E-state index in [4.69, 9.17) is 4.52 Å². The molecule has 1 atom stereocenters. The molecule has 0 saturated carbocycles. The zero-order chi connectivity index (χ0) is 25.5. The molecule has 0 aliphatic heterocycles. The maximum atomic E-state index is 7.19. The van der Waals surface area contributed by atoms with Crippen LogP contribution in [0.5, 0.6) is 5.75 Å². The first-order chi connectivity index (χ1) is 16.4. The maximum absolute atomic E-state index is 7.19. The van der Waals surface area contributed by atoms with Gasteiger partial charge in [0.2, 0.25) is 0 Å². The monoisotopic (exact) mass is 482 g/mol. The summed E-state index contributed by atoms with van der Waals surface area (Å²) in [5.74, 6) is 0.990. The van der Waals surface area contributed by atoms with Gasteiger partial charge in [-0.3, -0.25) is 0 Å². The van der Waals surface area contributed by atoms with Gasteiger partial charge in [0.15, 0.2) is 8.15 Å². The van der Waals surface area contributed by atoms with Gasteiger partial charge in [0, 0.05) is 16.2 Å². The molecular weight excluding hydrogens is 443 g/mol. The molecule has 0 radical (unpaired) electrons. The molecular formula is C33H39OP. The van der Waals surface area contributed by atoms with Gasteiger partial charge in [-0.2, -0.15) is 0 Å². The van der Waals surface area contributed by atoms with Gasteiger partial charge in [-0.15, -0.1) is 0 Å². The lowest BCUT2D eigenvalue weighted by Gasteiger charge is -2.30. The van der Waals surface area contributed by atoms with Crippen molar-refractivity contribution in [2.24, 2.45) is 0 Å². The molecule has 0 spiro atoms. The molecule has 2 heteroatoms. The summed E-state index contributed by atoms with van der Waals surface area (Å²) < 4.78 is 7.19. The van der Waals surface area contributed by atoms with Crippen LogP contribution in [0, 0.1) is 20.8 Å². The van der Waals surface area contributed by atoms with Gasteiger partial charge in [0.05, 0.1) is 0 Å². The molecule has 0 aromatic heterocycles. The maximum Gasteiger partial charge on any atom is 0.151 e. The average Bonchev–Trinajstić information content (AvgIpc) is 2.76. The predicted octanol–water partition coefficient (Wildman–Crippen LogP) is 8.79. The average molecular weight is 483 g/mol. The van der Waals surface area contributed by atoms with Crippen LogP contribution in [0.25, 0.3) is 10.8 Å². The minimum absolute atomic E-state index is 0.0340. The van der Waals surface area contributed by atoms with Crippen molar-refractivity contribution >= 4 is 29.5 Å². The summed E-state index contributed by atoms with van der Waals surface area (Å²) in [5, 5.41) is 5.11. The van der Waals surface area contributed by atoms with Gasteiger partial charge in [0.1, 0.15) is 5.75 Å². The zero-order valence-electron chi connectivity index (χ0n) is 22.8. The van der Waals surface area contributed by atoms with Crippen LogP contribution in [0.4, 0.5) is 0 Å². The summed E-state index contributed by atoms with van der Waals surface area (Å²) in [5.41, 5.74) is 6.54. The van der Waals surface area contributed by atoms with Crippen LogP contribution in [-0.4, -0.2) is 0 Å². The third-order valence-corrected chi connectivity index (χ3v) is 8.99. The van der Waals surface area contributed by atoms with Crippen LogP contribution < -0.4 is 15.1 Å². The third kappa shape index (κ3) is 5.31. The Morgan fingerprint density at radius 1 is 0.657 bits per heavy atom. The lowest BCUT2D eigenvalue weighted by Crippen LogP contribution is -2.23. The van der Waals surface area contributed by atoms with E-state index in [2.05, 4.69) is 135 Å². The zero-order valence-corrected chi connectivity index (χ0v) is 23.7. The topological polar surface area (TPSA) is 9.23 Å². The molecule has 4 aromatic carbocycles. The highest BCUT2D eigenvalue weighted by Gasteiger charge is 2.28. The number of benzene rings is 4. The van der Waals surface area contributed by atoms with Crippen molar-refractivity contribution in [1.82, 2.24) is 0 Å². The van der Waals surface area contributed by atoms with Crippen LogP contribution in [-0.2, 0) is 10.8 Å². The molecule has 35 heavy (non-hydrogen) atoms. The number of hydrogen-bond donors (Lipinski definition) is 0.